The smallest absolute Gasteiger partial charge is 0.325 e. The first-order chi connectivity index (χ1) is 8.06. The number of hydrogen-bond donors (Lipinski definition) is 2. The summed E-state index contributed by atoms with van der Waals surface area (Å²) in [4.78, 5) is 22.4. The molecule has 1 amide bonds. The van der Waals surface area contributed by atoms with Crippen molar-refractivity contribution in [3.63, 3.8) is 0 Å². The second-order valence-electron chi connectivity index (χ2n) is 3.53. The van der Waals surface area contributed by atoms with Crippen molar-refractivity contribution in [1.29, 1.82) is 5.26 Å². The number of nitriles is 1. The Morgan fingerprint density at radius 3 is 2.71 bits per heavy atom. The van der Waals surface area contributed by atoms with Crippen molar-refractivity contribution in [2.24, 2.45) is 0 Å². The average molecular weight is 232 g/mol. The van der Waals surface area contributed by atoms with Crippen LogP contribution in [0.5, 0.6) is 0 Å². The monoisotopic (exact) mass is 232 g/mol. The molecule has 0 fully saturated rings. The van der Waals surface area contributed by atoms with Crippen molar-refractivity contribution in [2.45, 2.75) is 19.4 Å². The summed E-state index contributed by atoms with van der Waals surface area (Å²) >= 11 is 0. The van der Waals surface area contributed by atoms with Crippen LogP contribution in [0.1, 0.15) is 22.8 Å². The Morgan fingerprint density at radius 2 is 2.12 bits per heavy atom. The normalized spacial score (nSPS) is 11.3. The molecule has 1 rings (SSSR count). The van der Waals surface area contributed by atoms with Gasteiger partial charge in [-0.25, -0.2) is 0 Å². The van der Waals surface area contributed by atoms with Crippen molar-refractivity contribution in [1.82, 2.24) is 5.32 Å². The van der Waals surface area contributed by atoms with E-state index in [0.717, 1.165) is 0 Å². The van der Waals surface area contributed by atoms with Gasteiger partial charge in [-0.05, 0) is 18.6 Å². The van der Waals surface area contributed by atoms with Crippen molar-refractivity contribution in [2.75, 3.05) is 0 Å². The molecule has 1 aromatic carbocycles. The molecule has 0 bridgehead atoms. The molecule has 0 aliphatic rings. The van der Waals surface area contributed by atoms with E-state index in [0.29, 0.717) is 11.1 Å². The Balaban J connectivity index is 2.89. The summed E-state index contributed by atoms with van der Waals surface area (Å²) in [6.45, 7) is 1.38. The lowest BCUT2D eigenvalue weighted by molar-refractivity contribution is -0.138. The van der Waals surface area contributed by atoms with Crippen LogP contribution >= 0.6 is 0 Å². The average Bonchev–Trinajstić information content (AvgIpc) is 2.29. The predicted octanol–water partition coefficient (Wildman–Crippen LogP) is 0.956. The molecule has 5 nitrogen and oxygen atoms in total. The van der Waals surface area contributed by atoms with Crippen molar-refractivity contribution in [3.05, 3.63) is 35.4 Å². The minimum Gasteiger partial charge on any atom is -0.480 e. The van der Waals surface area contributed by atoms with Crippen molar-refractivity contribution < 1.29 is 14.7 Å². The third-order valence-corrected chi connectivity index (χ3v) is 2.25. The minimum absolute atomic E-state index is 0.116. The standard InChI is InChI=1S/C12H12N2O3/c1-8(12(16)17)14-11(15)10-5-3-2-4-9(10)6-7-13/h2-5,8H,6H2,1H3,(H,14,15)(H,16,17). The van der Waals surface area contributed by atoms with Gasteiger partial charge in [0.15, 0.2) is 0 Å². The molecule has 1 atom stereocenters. The zero-order chi connectivity index (χ0) is 12.8. The summed E-state index contributed by atoms with van der Waals surface area (Å²) in [6, 6.07) is 7.63. The first kappa shape index (κ1) is 12.7. The first-order valence-electron chi connectivity index (χ1n) is 5.04. The third-order valence-electron chi connectivity index (χ3n) is 2.25. The van der Waals surface area contributed by atoms with E-state index in [1.54, 1.807) is 24.3 Å². The molecule has 0 aliphatic carbocycles. The topological polar surface area (TPSA) is 90.2 Å². The second-order valence-corrected chi connectivity index (χ2v) is 3.53. The zero-order valence-corrected chi connectivity index (χ0v) is 9.30. The van der Waals surface area contributed by atoms with Crippen molar-refractivity contribution >= 4 is 11.9 Å². The van der Waals surface area contributed by atoms with Gasteiger partial charge in [-0.1, -0.05) is 18.2 Å². The highest BCUT2D eigenvalue weighted by molar-refractivity contribution is 5.97. The van der Waals surface area contributed by atoms with Gasteiger partial charge >= 0.3 is 5.97 Å². The summed E-state index contributed by atoms with van der Waals surface area (Å²) in [7, 11) is 0. The van der Waals surface area contributed by atoms with Gasteiger partial charge in [0.1, 0.15) is 6.04 Å². The van der Waals surface area contributed by atoms with E-state index >= 15 is 0 Å². The Hall–Kier alpha value is -2.35. The van der Waals surface area contributed by atoms with Crippen LogP contribution in [0.25, 0.3) is 0 Å². The first-order valence-corrected chi connectivity index (χ1v) is 5.04. The van der Waals surface area contributed by atoms with E-state index in [9.17, 15) is 9.59 Å². The molecule has 0 aliphatic heterocycles. The van der Waals surface area contributed by atoms with Gasteiger partial charge in [-0.2, -0.15) is 5.26 Å². The maximum absolute atomic E-state index is 11.8. The summed E-state index contributed by atoms with van der Waals surface area (Å²) < 4.78 is 0. The second kappa shape index (κ2) is 5.66. The number of carboxylic acids is 1. The van der Waals surface area contributed by atoms with E-state index in [2.05, 4.69) is 5.32 Å². The number of aliphatic carboxylic acids is 1. The van der Waals surface area contributed by atoms with Crippen LogP contribution in [0.3, 0.4) is 0 Å². The Bertz CT molecular complexity index is 477. The van der Waals surface area contributed by atoms with Gasteiger partial charge < -0.3 is 10.4 Å². The maximum atomic E-state index is 11.8. The fourth-order valence-electron chi connectivity index (χ4n) is 1.32. The molecule has 2 N–H and O–H groups in total. The van der Waals surface area contributed by atoms with Crippen LogP contribution in [-0.2, 0) is 11.2 Å². The summed E-state index contributed by atoms with van der Waals surface area (Å²) in [6.07, 6.45) is 0.116. The molecular formula is C12H12N2O3. The number of carbonyl (C=O) groups is 2. The molecule has 0 saturated carbocycles. The van der Waals surface area contributed by atoms with Crippen LogP contribution in [0.2, 0.25) is 0 Å². The molecule has 1 aromatic rings. The lowest BCUT2D eigenvalue weighted by Crippen LogP contribution is -2.38. The molecule has 0 spiro atoms. The fourth-order valence-corrected chi connectivity index (χ4v) is 1.32. The van der Waals surface area contributed by atoms with Crippen molar-refractivity contribution in [3.8, 4) is 6.07 Å². The van der Waals surface area contributed by atoms with E-state index in [-0.39, 0.29) is 6.42 Å². The van der Waals surface area contributed by atoms with Gasteiger partial charge in [0.25, 0.3) is 5.91 Å². The number of carbonyl (C=O) groups excluding carboxylic acids is 1. The van der Waals surface area contributed by atoms with Gasteiger partial charge in [0.2, 0.25) is 0 Å². The molecule has 0 saturated heterocycles. The number of amides is 1. The van der Waals surface area contributed by atoms with E-state index in [1.807, 2.05) is 6.07 Å². The minimum atomic E-state index is -1.10. The van der Waals surface area contributed by atoms with Crippen LogP contribution in [0.15, 0.2) is 24.3 Å². The van der Waals surface area contributed by atoms with Crippen LogP contribution < -0.4 is 5.32 Å². The molecular weight excluding hydrogens is 220 g/mol. The fraction of sp³-hybridized carbons (Fsp3) is 0.250. The predicted molar refractivity (Wildman–Crippen MR) is 60.3 cm³/mol. The number of nitrogens with zero attached hydrogens (tertiary/aromatic N) is 1. The van der Waals surface area contributed by atoms with Crippen LogP contribution in [-0.4, -0.2) is 23.0 Å². The quantitative estimate of drug-likeness (QED) is 0.808. The van der Waals surface area contributed by atoms with Gasteiger partial charge in [0.05, 0.1) is 12.5 Å². The SMILES string of the molecule is CC(NC(=O)c1ccccc1CC#N)C(=O)O. The van der Waals surface area contributed by atoms with Crippen LogP contribution in [0, 0.1) is 11.3 Å². The van der Waals surface area contributed by atoms with Gasteiger partial charge in [-0.3, -0.25) is 9.59 Å². The Kier molecular flexibility index (Phi) is 4.23. The molecule has 17 heavy (non-hydrogen) atoms. The zero-order valence-electron chi connectivity index (χ0n) is 9.30. The number of carboxylic acid groups (broad SMARTS) is 1. The summed E-state index contributed by atoms with van der Waals surface area (Å²) in [5.74, 6) is -1.58. The molecule has 88 valence electrons. The van der Waals surface area contributed by atoms with Gasteiger partial charge in [-0.15, -0.1) is 0 Å². The highest BCUT2D eigenvalue weighted by Crippen LogP contribution is 2.09. The number of nitrogens with one attached hydrogen (secondary N) is 1. The van der Waals surface area contributed by atoms with Gasteiger partial charge in [0, 0.05) is 5.56 Å². The lowest BCUT2D eigenvalue weighted by atomic mass is 10.0. The molecule has 1 unspecified atom stereocenters. The summed E-state index contributed by atoms with van der Waals surface area (Å²) in [5, 5.41) is 19.7. The Morgan fingerprint density at radius 1 is 1.47 bits per heavy atom. The molecule has 0 heterocycles. The number of benzene rings is 1. The van der Waals surface area contributed by atoms with E-state index < -0.39 is 17.9 Å². The lowest BCUT2D eigenvalue weighted by Gasteiger charge is -2.11. The molecule has 0 aromatic heterocycles. The highest BCUT2D eigenvalue weighted by atomic mass is 16.4. The number of hydrogen-bond acceptors (Lipinski definition) is 3. The van der Waals surface area contributed by atoms with E-state index in [4.69, 9.17) is 10.4 Å². The number of rotatable bonds is 4. The largest absolute Gasteiger partial charge is 0.480 e. The summed E-state index contributed by atoms with van der Waals surface area (Å²) in [5.41, 5.74) is 0.923. The third kappa shape index (κ3) is 3.31. The molecule has 5 heteroatoms. The maximum Gasteiger partial charge on any atom is 0.325 e. The molecule has 0 radical (unpaired) electrons. The van der Waals surface area contributed by atoms with Crippen LogP contribution in [0.4, 0.5) is 0 Å². The highest BCUT2D eigenvalue weighted by Gasteiger charge is 2.17. The Labute approximate surface area is 98.7 Å². The van der Waals surface area contributed by atoms with E-state index in [1.165, 1.54) is 6.92 Å².